The van der Waals surface area contributed by atoms with Crippen LogP contribution in [0.1, 0.15) is 55.6 Å². The number of fused-ring (bicyclic) bond motifs is 6. The number of para-hydroxylation sites is 1. The Morgan fingerprint density at radius 2 is 0.615 bits per heavy atom. The fourth-order valence-electron chi connectivity index (χ4n) is 10.3. The zero-order valence-electron chi connectivity index (χ0n) is 36.1. The number of hydrogen-bond donors (Lipinski definition) is 1. The maximum absolute atomic E-state index is 5.36. The van der Waals surface area contributed by atoms with Crippen LogP contribution in [-0.2, 0) is 17.3 Å². The first-order chi connectivity index (χ1) is 32.1. The van der Waals surface area contributed by atoms with Gasteiger partial charge in [0.25, 0.3) is 0 Å². The molecular formula is C63H48BrN. The summed E-state index contributed by atoms with van der Waals surface area (Å²) in [6.45, 7) is 0. The van der Waals surface area contributed by atoms with Gasteiger partial charge in [-0.05, 0) is 109 Å². The molecular weight excluding hydrogens is 851 g/mol. The predicted octanol–water partition coefficient (Wildman–Crippen LogP) is 15.7. The number of benzene rings is 10. The van der Waals surface area contributed by atoms with Crippen molar-refractivity contribution in [2.45, 2.75) is 17.3 Å². The zero-order chi connectivity index (χ0) is 44.1. The maximum Gasteiger partial charge on any atom is 0.0713 e. The van der Waals surface area contributed by atoms with Crippen LogP contribution in [0.3, 0.4) is 0 Å². The average molecular weight is 899 g/mol. The van der Waals surface area contributed by atoms with E-state index in [2.05, 4.69) is 253 Å². The Labute approximate surface area is 391 Å². The predicted molar refractivity (Wildman–Crippen MR) is 275 cm³/mol. The Kier molecular flexibility index (Phi) is 11.7. The lowest BCUT2D eigenvalue weighted by Gasteiger charge is -2.34. The van der Waals surface area contributed by atoms with Gasteiger partial charge in [0.15, 0.2) is 0 Å². The first kappa shape index (κ1) is 41.5. The highest BCUT2D eigenvalue weighted by atomic mass is 79.9. The highest BCUT2D eigenvalue weighted by Gasteiger charge is 2.47. The van der Waals surface area contributed by atoms with Gasteiger partial charge >= 0.3 is 0 Å². The van der Waals surface area contributed by atoms with Crippen LogP contribution in [-0.4, -0.2) is 0 Å². The van der Waals surface area contributed by atoms with Crippen LogP contribution < -0.4 is 5.73 Å². The van der Waals surface area contributed by atoms with Crippen molar-refractivity contribution in [2.24, 2.45) is 0 Å². The normalized spacial score (nSPS) is 13.1. The van der Waals surface area contributed by atoms with Gasteiger partial charge in [-0.25, -0.2) is 0 Å². The fraction of sp³-hybridized carbons (Fsp3) is 0.0476. The topological polar surface area (TPSA) is 26.0 Å². The van der Waals surface area contributed by atoms with Gasteiger partial charge in [0, 0.05) is 10.2 Å². The molecule has 0 saturated carbocycles. The van der Waals surface area contributed by atoms with E-state index < -0.39 is 0 Å². The number of rotatable bonds is 6. The van der Waals surface area contributed by atoms with Crippen LogP contribution in [0, 0.1) is 0 Å². The molecule has 0 radical (unpaired) electrons. The van der Waals surface area contributed by atoms with Gasteiger partial charge in [-0.2, -0.15) is 0 Å². The van der Waals surface area contributed by atoms with Gasteiger partial charge in [0.05, 0.1) is 10.8 Å². The Morgan fingerprint density at radius 3 is 1.02 bits per heavy atom. The minimum atomic E-state index is -0.318. The first-order valence-electron chi connectivity index (χ1n) is 22.3. The van der Waals surface area contributed by atoms with Gasteiger partial charge in [-0.15, -0.1) is 0 Å². The molecule has 312 valence electrons. The molecule has 1 nitrogen and oxygen atoms in total. The van der Waals surface area contributed by atoms with E-state index in [1.807, 2.05) is 30.3 Å². The Morgan fingerprint density at radius 1 is 0.292 bits per heavy atom. The molecule has 0 aromatic heterocycles. The fourth-order valence-corrected chi connectivity index (χ4v) is 10.7. The lowest BCUT2D eigenvalue weighted by atomic mass is 9.67. The van der Waals surface area contributed by atoms with E-state index in [0.717, 1.165) is 16.6 Å². The minimum absolute atomic E-state index is 0.293. The molecule has 2 aliphatic carbocycles. The highest BCUT2D eigenvalue weighted by molar-refractivity contribution is 9.10. The summed E-state index contributed by atoms with van der Waals surface area (Å²) in [5.74, 6) is 0. The molecule has 2 aliphatic rings. The van der Waals surface area contributed by atoms with Gasteiger partial charge in [-0.1, -0.05) is 259 Å². The third-order valence-electron chi connectivity index (χ3n) is 13.0. The summed E-state index contributed by atoms with van der Waals surface area (Å²) in [5, 5.41) is 0. The van der Waals surface area contributed by atoms with Gasteiger partial charge in [-0.3, -0.25) is 0 Å². The molecule has 0 fully saturated rings. The quantitative estimate of drug-likeness (QED) is 0.165. The van der Waals surface area contributed by atoms with Gasteiger partial charge in [0.1, 0.15) is 0 Å². The molecule has 0 unspecified atom stereocenters. The molecule has 0 spiro atoms. The van der Waals surface area contributed by atoms with E-state index in [1.54, 1.807) is 0 Å². The summed E-state index contributed by atoms with van der Waals surface area (Å²) < 4.78 is 1.10. The smallest absolute Gasteiger partial charge is 0.0713 e. The van der Waals surface area contributed by atoms with E-state index in [9.17, 15) is 0 Å². The van der Waals surface area contributed by atoms with E-state index >= 15 is 0 Å². The van der Waals surface area contributed by atoms with Crippen molar-refractivity contribution in [2.75, 3.05) is 5.73 Å². The van der Waals surface area contributed by atoms with Crippen molar-refractivity contribution in [1.82, 2.24) is 0 Å². The standard InChI is InChI=1S/C32H24.C25H17Br.C6H7N/c1-3-12-24(13-4-1)22-25-14-11-17-27(23-25)32(26-15-5-2-6-16-26)30-20-9-7-18-28(30)29-19-8-10-21-31(29)32;26-20-12-8-11-19(17-20)25(18-9-2-1-3-10-18)23-15-6-4-13-21(23)22-14-5-7-16-24(22)25;7-6-4-2-1-3-5-6/h1-21,23H,22H2;1-17H;1-5H,7H2. The Balaban J connectivity index is 0.000000135. The average Bonchev–Trinajstić information content (AvgIpc) is 3.85. The zero-order valence-corrected chi connectivity index (χ0v) is 37.7. The maximum atomic E-state index is 5.36. The number of nitrogen functional groups attached to an aromatic ring is 1. The third-order valence-corrected chi connectivity index (χ3v) is 13.5. The van der Waals surface area contributed by atoms with Crippen molar-refractivity contribution in [3.8, 4) is 22.3 Å². The third kappa shape index (κ3) is 7.60. The SMILES string of the molecule is Brc1cccc(C2(c3ccccc3)c3ccccc3-c3ccccc32)c1.Nc1ccccc1.c1ccc(Cc2cccc(C3(c4ccccc4)c4ccccc4-c4ccccc43)c2)cc1. The van der Waals surface area contributed by atoms with Crippen molar-refractivity contribution in [3.05, 3.63) is 327 Å². The van der Waals surface area contributed by atoms with Gasteiger partial charge in [0.2, 0.25) is 0 Å². The van der Waals surface area contributed by atoms with E-state index in [1.165, 1.54) is 77.9 Å². The Hall–Kier alpha value is -7.52. The second-order valence-corrected chi connectivity index (χ2v) is 17.6. The first-order valence-corrected chi connectivity index (χ1v) is 23.1. The largest absolute Gasteiger partial charge is 0.399 e. The summed E-state index contributed by atoms with van der Waals surface area (Å²) in [6, 6.07) is 95.5. The van der Waals surface area contributed by atoms with Crippen LogP contribution in [0.4, 0.5) is 5.69 Å². The molecule has 0 bridgehead atoms. The molecule has 0 heterocycles. The lowest BCUT2D eigenvalue weighted by Crippen LogP contribution is -2.28. The van der Waals surface area contributed by atoms with Gasteiger partial charge < -0.3 is 5.73 Å². The van der Waals surface area contributed by atoms with E-state index in [4.69, 9.17) is 5.73 Å². The number of anilines is 1. The van der Waals surface area contributed by atoms with Crippen LogP contribution >= 0.6 is 15.9 Å². The van der Waals surface area contributed by atoms with Crippen LogP contribution in [0.25, 0.3) is 22.3 Å². The molecule has 10 aromatic rings. The van der Waals surface area contributed by atoms with E-state index in [0.29, 0.717) is 0 Å². The minimum Gasteiger partial charge on any atom is -0.399 e. The molecule has 0 saturated heterocycles. The molecule has 12 rings (SSSR count). The molecule has 0 atom stereocenters. The summed E-state index contributed by atoms with van der Waals surface area (Å²) in [5.41, 5.74) is 24.2. The summed E-state index contributed by atoms with van der Waals surface area (Å²) in [4.78, 5) is 0. The monoisotopic (exact) mass is 897 g/mol. The lowest BCUT2D eigenvalue weighted by molar-refractivity contribution is 0.766. The highest BCUT2D eigenvalue weighted by Crippen LogP contribution is 2.57. The summed E-state index contributed by atoms with van der Waals surface area (Å²) in [7, 11) is 0. The molecule has 2 heteroatoms. The van der Waals surface area contributed by atoms with Crippen LogP contribution in [0.5, 0.6) is 0 Å². The molecule has 0 amide bonds. The molecule has 2 N–H and O–H groups in total. The Bertz CT molecular complexity index is 3100. The van der Waals surface area contributed by atoms with Crippen molar-refractivity contribution in [1.29, 1.82) is 0 Å². The molecule has 0 aliphatic heterocycles. The number of halogens is 1. The van der Waals surface area contributed by atoms with Crippen LogP contribution in [0.15, 0.2) is 271 Å². The summed E-state index contributed by atoms with van der Waals surface area (Å²) >= 11 is 3.69. The second kappa shape index (κ2) is 18.3. The summed E-state index contributed by atoms with van der Waals surface area (Å²) in [6.07, 6.45) is 0.933. The molecule has 65 heavy (non-hydrogen) atoms. The van der Waals surface area contributed by atoms with Crippen molar-refractivity contribution >= 4 is 21.6 Å². The van der Waals surface area contributed by atoms with Crippen molar-refractivity contribution < 1.29 is 0 Å². The number of nitrogens with two attached hydrogens (primary N) is 1. The van der Waals surface area contributed by atoms with Crippen molar-refractivity contribution in [3.63, 3.8) is 0 Å². The second-order valence-electron chi connectivity index (χ2n) is 16.7. The number of hydrogen-bond acceptors (Lipinski definition) is 1. The van der Waals surface area contributed by atoms with Crippen LogP contribution in [0.2, 0.25) is 0 Å². The molecule has 10 aromatic carbocycles. The van der Waals surface area contributed by atoms with E-state index in [-0.39, 0.29) is 10.8 Å².